The Balaban J connectivity index is 1.74. The van der Waals surface area contributed by atoms with Crippen LogP contribution in [0.15, 0.2) is 18.2 Å². The lowest BCUT2D eigenvalue weighted by atomic mass is 10.1. The molecule has 3 rings (SSSR count). The molecule has 0 aromatic heterocycles. The molecule has 2 aliphatic heterocycles. The first-order chi connectivity index (χ1) is 9.61. The summed E-state index contributed by atoms with van der Waals surface area (Å²) in [7, 11) is 0. The number of aryl methyl sites for hydroxylation is 1. The lowest BCUT2D eigenvalue weighted by molar-refractivity contribution is -0.125. The van der Waals surface area contributed by atoms with Crippen LogP contribution < -0.4 is 5.32 Å². The molecule has 0 aliphatic carbocycles. The van der Waals surface area contributed by atoms with E-state index in [9.17, 15) is 9.18 Å². The van der Waals surface area contributed by atoms with Gasteiger partial charge in [0.1, 0.15) is 5.82 Å². The number of carbonyl (C=O) groups is 1. The fourth-order valence-electron chi connectivity index (χ4n) is 2.84. The van der Waals surface area contributed by atoms with Crippen molar-refractivity contribution in [2.75, 3.05) is 26.3 Å². The van der Waals surface area contributed by atoms with Gasteiger partial charge in [-0.25, -0.2) is 4.39 Å². The number of nitrogens with one attached hydrogen (secondary N) is 1. The molecular formula is C15H19FN2O2. The Labute approximate surface area is 117 Å². The normalized spacial score (nSPS) is 27.0. The van der Waals surface area contributed by atoms with Crippen molar-refractivity contribution in [3.63, 3.8) is 0 Å². The molecule has 108 valence electrons. The molecule has 2 fully saturated rings. The summed E-state index contributed by atoms with van der Waals surface area (Å²) in [5.74, 6) is -0.224. The first-order valence-corrected chi connectivity index (χ1v) is 6.97. The molecule has 1 amide bonds. The largest absolute Gasteiger partial charge is 0.378 e. The highest BCUT2D eigenvalue weighted by Crippen LogP contribution is 2.17. The van der Waals surface area contributed by atoms with Crippen molar-refractivity contribution in [2.45, 2.75) is 19.5 Å². The summed E-state index contributed by atoms with van der Waals surface area (Å²) in [6.45, 7) is 4.87. The predicted octanol–water partition coefficient (Wildman–Crippen LogP) is 1.08. The van der Waals surface area contributed by atoms with Crippen LogP contribution in [0.4, 0.5) is 4.39 Å². The Bertz CT molecular complexity index is 521. The van der Waals surface area contributed by atoms with Gasteiger partial charge in [0.2, 0.25) is 5.91 Å². The number of hydrogen-bond acceptors (Lipinski definition) is 3. The molecule has 0 unspecified atom stereocenters. The zero-order valence-electron chi connectivity index (χ0n) is 11.6. The van der Waals surface area contributed by atoms with Gasteiger partial charge in [-0.2, -0.15) is 0 Å². The lowest BCUT2D eigenvalue weighted by Crippen LogP contribution is -2.41. The predicted molar refractivity (Wildman–Crippen MR) is 72.7 cm³/mol. The minimum absolute atomic E-state index is 0.0327. The van der Waals surface area contributed by atoms with Gasteiger partial charge in [-0.15, -0.1) is 0 Å². The summed E-state index contributed by atoms with van der Waals surface area (Å²) >= 11 is 0. The summed E-state index contributed by atoms with van der Waals surface area (Å²) in [5.41, 5.74) is 1.60. The van der Waals surface area contributed by atoms with Gasteiger partial charge in [-0.3, -0.25) is 9.69 Å². The lowest BCUT2D eigenvalue weighted by Gasteiger charge is -2.27. The molecular weight excluding hydrogens is 259 g/mol. The second-order valence-corrected chi connectivity index (χ2v) is 5.72. The van der Waals surface area contributed by atoms with Crippen LogP contribution >= 0.6 is 0 Å². The molecule has 2 atom stereocenters. The van der Waals surface area contributed by atoms with Gasteiger partial charge in [0.15, 0.2) is 0 Å². The Kier molecular flexibility index (Phi) is 3.72. The molecule has 0 spiro atoms. The van der Waals surface area contributed by atoms with Crippen LogP contribution in [0.2, 0.25) is 0 Å². The highest BCUT2D eigenvalue weighted by atomic mass is 19.1. The molecule has 0 saturated carbocycles. The van der Waals surface area contributed by atoms with Crippen molar-refractivity contribution >= 4 is 5.91 Å². The van der Waals surface area contributed by atoms with Gasteiger partial charge in [-0.05, 0) is 24.1 Å². The quantitative estimate of drug-likeness (QED) is 0.880. The van der Waals surface area contributed by atoms with Crippen molar-refractivity contribution in [3.05, 3.63) is 35.1 Å². The van der Waals surface area contributed by atoms with Crippen LogP contribution in [-0.4, -0.2) is 43.2 Å². The van der Waals surface area contributed by atoms with Crippen molar-refractivity contribution in [2.24, 2.45) is 5.92 Å². The van der Waals surface area contributed by atoms with Crippen LogP contribution in [-0.2, 0) is 16.1 Å². The maximum atomic E-state index is 13.6. The maximum Gasteiger partial charge on any atom is 0.227 e. The highest BCUT2D eigenvalue weighted by molar-refractivity contribution is 5.79. The molecule has 1 N–H and O–H groups in total. The molecule has 1 aromatic rings. The number of hydrogen-bond donors (Lipinski definition) is 1. The van der Waals surface area contributed by atoms with Crippen molar-refractivity contribution in [1.82, 2.24) is 10.2 Å². The van der Waals surface area contributed by atoms with Crippen LogP contribution in [0.5, 0.6) is 0 Å². The topological polar surface area (TPSA) is 41.6 Å². The molecule has 2 aliphatic rings. The zero-order chi connectivity index (χ0) is 14.1. The third kappa shape index (κ3) is 2.83. The monoisotopic (exact) mass is 278 g/mol. The van der Waals surface area contributed by atoms with Gasteiger partial charge in [-0.1, -0.05) is 12.1 Å². The fraction of sp³-hybridized carbons (Fsp3) is 0.533. The molecule has 0 radical (unpaired) electrons. The molecule has 2 heterocycles. The van der Waals surface area contributed by atoms with E-state index < -0.39 is 0 Å². The average molecular weight is 278 g/mol. The number of benzene rings is 1. The number of fused-ring (bicyclic) bond motifs is 3. The van der Waals surface area contributed by atoms with Crippen molar-refractivity contribution < 1.29 is 13.9 Å². The van der Waals surface area contributed by atoms with E-state index in [1.54, 1.807) is 19.1 Å². The molecule has 5 heteroatoms. The number of rotatable bonds is 2. The third-order valence-electron chi connectivity index (χ3n) is 3.95. The van der Waals surface area contributed by atoms with Gasteiger partial charge >= 0.3 is 0 Å². The van der Waals surface area contributed by atoms with E-state index >= 15 is 0 Å². The minimum Gasteiger partial charge on any atom is -0.378 e. The molecule has 2 bridgehead atoms. The van der Waals surface area contributed by atoms with Crippen LogP contribution in [0, 0.1) is 18.7 Å². The molecule has 2 saturated heterocycles. The van der Waals surface area contributed by atoms with E-state index in [4.69, 9.17) is 4.74 Å². The number of carbonyl (C=O) groups excluding carboxylic acids is 1. The molecule has 4 nitrogen and oxygen atoms in total. The maximum absolute atomic E-state index is 13.6. The Morgan fingerprint density at radius 2 is 2.25 bits per heavy atom. The fourth-order valence-corrected chi connectivity index (χ4v) is 2.84. The van der Waals surface area contributed by atoms with E-state index in [2.05, 4.69) is 10.2 Å². The van der Waals surface area contributed by atoms with Gasteiger partial charge in [0, 0.05) is 19.6 Å². The van der Waals surface area contributed by atoms with Crippen LogP contribution in [0.3, 0.4) is 0 Å². The van der Waals surface area contributed by atoms with Crippen molar-refractivity contribution in [1.29, 1.82) is 0 Å². The number of halogens is 1. The number of nitrogens with zero attached hydrogens (tertiary/aromatic N) is 1. The van der Waals surface area contributed by atoms with E-state index in [0.29, 0.717) is 31.9 Å². The summed E-state index contributed by atoms with van der Waals surface area (Å²) in [5, 5.41) is 3.00. The van der Waals surface area contributed by atoms with E-state index in [1.165, 1.54) is 0 Å². The van der Waals surface area contributed by atoms with E-state index in [0.717, 1.165) is 12.1 Å². The Morgan fingerprint density at radius 3 is 3.05 bits per heavy atom. The molecule has 20 heavy (non-hydrogen) atoms. The smallest absolute Gasteiger partial charge is 0.227 e. The molecule has 1 aromatic carbocycles. The number of ether oxygens (including phenoxy) is 1. The van der Waals surface area contributed by atoms with Gasteiger partial charge in [0.05, 0.1) is 25.2 Å². The third-order valence-corrected chi connectivity index (χ3v) is 3.95. The van der Waals surface area contributed by atoms with E-state index in [-0.39, 0.29) is 23.7 Å². The number of amides is 1. The van der Waals surface area contributed by atoms with Crippen LogP contribution in [0.1, 0.15) is 11.1 Å². The first-order valence-electron chi connectivity index (χ1n) is 6.97. The SMILES string of the molecule is Cc1ccc(CN2C[C@H]3COC[C@@H](C2)C(=O)N3)cc1F. The highest BCUT2D eigenvalue weighted by Gasteiger charge is 2.33. The standard InChI is InChI=1S/C15H19FN2O2/c1-10-2-3-11(4-14(10)16)5-18-6-12-8-20-9-13(7-18)17-15(12)19/h2-4,12-13H,5-9H2,1H3,(H,17,19)/t12-,13+/m1/s1. The Hall–Kier alpha value is -1.46. The van der Waals surface area contributed by atoms with Gasteiger partial charge < -0.3 is 10.1 Å². The average Bonchev–Trinajstić information content (AvgIpc) is 2.63. The van der Waals surface area contributed by atoms with E-state index in [1.807, 2.05) is 6.07 Å². The summed E-state index contributed by atoms with van der Waals surface area (Å²) < 4.78 is 19.1. The minimum atomic E-state index is -0.171. The first kappa shape index (κ1) is 13.5. The second-order valence-electron chi connectivity index (χ2n) is 5.72. The summed E-state index contributed by atoms with van der Waals surface area (Å²) in [6, 6.07) is 5.37. The summed E-state index contributed by atoms with van der Waals surface area (Å²) in [4.78, 5) is 14.1. The Morgan fingerprint density at radius 1 is 1.40 bits per heavy atom. The summed E-state index contributed by atoms with van der Waals surface area (Å²) in [6.07, 6.45) is 0. The van der Waals surface area contributed by atoms with Gasteiger partial charge in [0.25, 0.3) is 0 Å². The second kappa shape index (κ2) is 5.50. The van der Waals surface area contributed by atoms with Crippen LogP contribution in [0.25, 0.3) is 0 Å². The zero-order valence-corrected chi connectivity index (χ0v) is 11.6. The van der Waals surface area contributed by atoms with Crippen molar-refractivity contribution in [3.8, 4) is 0 Å².